The molecule has 0 aliphatic heterocycles. The van der Waals surface area contributed by atoms with E-state index in [0.29, 0.717) is 16.6 Å². The first-order valence-corrected chi connectivity index (χ1v) is 6.78. The first-order chi connectivity index (χ1) is 8.86. The predicted molar refractivity (Wildman–Crippen MR) is 73.1 cm³/mol. The summed E-state index contributed by atoms with van der Waals surface area (Å²) in [6.07, 6.45) is -4.39. The van der Waals surface area contributed by atoms with Gasteiger partial charge in [-0.25, -0.2) is 0 Å². The third-order valence-corrected chi connectivity index (χ3v) is 3.92. The molecule has 0 aliphatic carbocycles. The summed E-state index contributed by atoms with van der Waals surface area (Å²) < 4.78 is 38.0. The lowest BCUT2D eigenvalue weighted by Crippen LogP contribution is -2.05. The minimum absolute atomic E-state index is 0.0393. The molecule has 19 heavy (non-hydrogen) atoms. The zero-order valence-corrected chi connectivity index (χ0v) is 11.7. The molecule has 1 N–H and O–H groups in total. The molecule has 0 spiro atoms. The molecule has 0 unspecified atom stereocenters. The van der Waals surface area contributed by atoms with Crippen LogP contribution >= 0.6 is 34.5 Å². The number of halogens is 5. The number of hydrogen-bond acceptors (Lipinski definition) is 2. The van der Waals surface area contributed by atoms with E-state index >= 15 is 0 Å². The fourth-order valence-corrected chi connectivity index (χ4v) is 2.74. The van der Waals surface area contributed by atoms with Crippen molar-refractivity contribution in [2.75, 3.05) is 5.32 Å². The molecule has 1 aromatic heterocycles. The molecule has 0 atom stereocenters. The van der Waals surface area contributed by atoms with E-state index in [0.717, 1.165) is 17.0 Å². The van der Waals surface area contributed by atoms with Crippen molar-refractivity contribution in [1.82, 2.24) is 0 Å². The van der Waals surface area contributed by atoms with Gasteiger partial charge in [-0.2, -0.15) is 13.2 Å². The minimum atomic E-state index is -4.39. The lowest BCUT2D eigenvalue weighted by Gasteiger charge is -2.11. The van der Waals surface area contributed by atoms with Gasteiger partial charge in [0.1, 0.15) is 0 Å². The van der Waals surface area contributed by atoms with Gasteiger partial charge in [0.05, 0.1) is 20.6 Å². The van der Waals surface area contributed by atoms with Crippen LogP contribution < -0.4 is 5.32 Å². The van der Waals surface area contributed by atoms with Crippen LogP contribution in [0.4, 0.5) is 18.9 Å². The summed E-state index contributed by atoms with van der Waals surface area (Å²) in [7, 11) is 0. The van der Waals surface area contributed by atoms with Gasteiger partial charge < -0.3 is 5.32 Å². The summed E-state index contributed by atoms with van der Waals surface area (Å²) in [5.41, 5.74) is -0.304. The average Bonchev–Trinajstić information content (AvgIpc) is 2.72. The van der Waals surface area contributed by atoms with E-state index in [1.807, 2.05) is 6.07 Å². The highest BCUT2D eigenvalue weighted by Crippen LogP contribution is 2.34. The molecule has 0 bridgehead atoms. The van der Waals surface area contributed by atoms with Gasteiger partial charge in [-0.15, -0.1) is 11.3 Å². The number of benzene rings is 1. The van der Waals surface area contributed by atoms with E-state index in [-0.39, 0.29) is 5.02 Å². The normalized spacial score (nSPS) is 11.6. The average molecular weight is 326 g/mol. The lowest BCUT2D eigenvalue weighted by molar-refractivity contribution is -0.137. The molecule has 1 aromatic carbocycles. The zero-order valence-electron chi connectivity index (χ0n) is 9.39. The second-order valence-electron chi connectivity index (χ2n) is 3.75. The highest BCUT2D eigenvalue weighted by molar-refractivity contribution is 7.16. The summed E-state index contributed by atoms with van der Waals surface area (Å²) in [5.74, 6) is 0. The smallest absolute Gasteiger partial charge is 0.379 e. The number of thiophene rings is 1. The van der Waals surface area contributed by atoms with Crippen molar-refractivity contribution in [3.05, 3.63) is 50.1 Å². The Balaban J connectivity index is 2.09. The molecule has 0 radical (unpaired) electrons. The summed E-state index contributed by atoms with van der Waals surface area (Å²) in [6.45, 7) is 0.461. The van der Waals surface area contributed by atoms with Crippen molar-refractivity contribution in [2.24, 2.45) is 0 Å². The molecule has 7 heteroatoms. The van der Waals surface area contributed by atoms with Crippen LogP contribution in [0.25, 0.3) is 0 Å². The SMILES string of the molecule is FC(F)(F)c1ccc(NCc2ccc(Cl)s2)c(Cl)c1. The van der Waals surface area contributed by atoms with Crippen LogP contribution in [-0.4, -0.2) is 0 Å². The number of alkyl halides is 3. The quantitative estimate of drug-likeness (QED) is 0.764. The summed E-state index contributed by atoms with van der Waals surface area (Å²) >= 11 is 13.0. The summed E-state index contributed by atoms with van der Waals surface area (Å²) in [6, 6.07) is 6.83. The summed E-state index contributed by atoms with van der Waals surface area (Å²) in [4.78, 5) is 0.973. The van der Waals surface area contributed by atoms with Crippen LogP contribution in [0.5, 0.6) is 0 Å². The molecular formula is C12H8Cl2F3NS. The van der Waals surface area contributed by atoms with Crippen LogP contribution in [0, 0.1) is 0 Å². The van der Waals surface area contributed by atoms with E-state index in [1.54, 1.807) is 6.07 Å². The van der Waals surface area contributed by atoms with Crippen molar-refractivity contribution in [2.45, 2.75) is 12.7 Å². The maximum absolute atomic E-state index is 12.5. The Kier molecular flexibility index (Phi) is 4.28. The van der Waals surface area contributed by atoms with Gasteiger partial charge in [0, 0.05) is 11.4 Å². The molecule has 1 nitrogen and oxygen atoms in total. The summed E-state index contributed by atoms with van der Waals surface area (Å²) in [5, 5.41) is 3.01. The van der Waals surface area contributed by atoms with Crippen LogP contribution in [0.2, 0.25) is 9.36 Å². The second-order valence-corrected chi connectivity index (χ2v) is 5.96. The lowest BCUT2D eigenvalue weighted by atomic mass is 10.2. The molecule has 102 valence electrons. The molecule has 0 amide bonds. The number of hydrogen-bond donors (Lipinski definition) is 1. The van der Waals surface area contributed by atoms with Crippen molar-refractivity contribution >= 4 is 40.2 Å². The van der Waals surface area contributed by atoms with Crippen LogP contribution in [0.15, 0.2) is 30.3 Å². The van der Waals surface area contributed by atoms with Crippen molar-refractivity contribution < 1.29 is 13.2 Å². The monoisotopic (exact) mass is 325 g/mol. The first-order valence-electron chi connectivity index (χ1n) is 5.21. The Morgan fingerprint density at radius 3 is 2.37 bits per heavy atom. The molecular weight excluding hydrogens is 318 g/mol. The molecule has 0 fully saturated rings. The zero-order chi connectivity index (χ0) is 14.0. The Morgan fingerprint density at radius 2 is 1.84 bits per heavy atom. The Morgan fingerprint density at radius 1 is 1.11 bits per heavy atom. The minimum Gasteiger partial charge on any atom is -0.379 e. The molecule has 0 saturated carbocycles. The third kappa shape index (κ3) is 3.78. The maximum atomic E-state index is 12.5. The van der Waals surface area contributed by atoms with Gasteiger partial charge in [-0.1, -0.05) is 23.2 Å². The van der Waals surface area contributed by atoms with Crippen molar-refractivity contribution in [1.29, 1.82) is 0 Å². The van der Waals surface area contributed by atoms with E-state index < -0.39 is 11.7 Å². The van der Waals surface area contributed by atoms with Crippen molar-refractivity contribution in [3.63, 3.8) is 0 Å². The van der Waals surface area contributed by atoms with E-state index in [2.05, 4.69) is 5.32 Å². The van der Waals surface area contributed by atoms with Gasteiger partial charge in [0.2, 0.25) is 0 Å². The predicted octanol–water partition coefficient (Wildman–Crippen LogP) is 5.69. The van der Waals surface area contributed by atoms with Gasteiger partial charge in [0.15, 0.2) is 0 Å². The van der Waals surface area contributed by atoms with Gasteiger partial charge >= 0.3 is 6.18 Å². The van der Waals surface area contributed by atoms with Gasteiger partial charge in [-0.05, 0) is 30.3 Å². The second kappa shape index (κ2) is 5.61. The van der Waals surface area contributed by atoms with Crippen LogP contribution in [0.1, 0.15) is 10.4 Å². The fraction of sp³-hybridized carbons (Fsp3) is 0.167. The third-order valence-electron chi connectivity index (χ3n) is 2.38. The van der Waals surface area contributed by atoms with Crippen molar-refractivity contribution in [3.8, 4) is 0 Å². The molecule has 0 aliphatic rings. The molecule has 1 heterocycles. The first kappa shape index (κ1) is 14.5. The highest BCUT2D eigenvalue weighted by atomic mass is 35.5. The van der Waals surface area contributed by atoms with Crippen LogP contribution in [0.3, 0.4) is 0 Å². The van der Waals surface area contributed by atoms with E-state index in [1.165, 1.54) is 17.4 Å². The maximum Gasteiger partial charge on any atom is 0.416 e. The van der Waals surface area contributed by atoms with Gasteiger partial charge in [-0.3, -0.25) is 0 Å². The Bertz CT molecular complexity index is 581. The number of anilines is 1. The Hall–Kier alpha value is -0.910. The van der Waals surface area contributed by atoms with Gasteiger partial charge in [0.25, 0.3) is 0 Å². The van der Waals surface area contributed by atoms with E-state index in [9.17, 15) is 13.2 Å². The molecule has 2 rings (SSSR count). The standard InChI is InChI=1S/C12H8Cl2F3NS/c13-9-5-7(12(15,16)17)1-3-10(9)18-6-8-2-4-11(14)19-8/h1-5,18H,6H2. The topological polar surface area (TPSA) is 12.0 Å². The fourth-order valence-electron chi connectivity index (χ4n) is 1.46. The Labute approximate surface area is 122 Å². The number of rotatable bonds is 3. The molecule has 0 saturated heterocycles. The largest absolute Gasteiger partial charge is 0.416 e. The molecule has 2 aromatic rings. The van der Waals surface area contributed by atoms with E-state index in [4.69, 9.17) is 23.2 Å². The highest BCUT2D eigenvalue weighted by Gasteiger charge is 2.30. The number of nitrogens with one attached hydrogen (secondary N) is 1. The van der Waals surface area contributed by atoms with Crippen LogP contribution in [-0.2, 0) is 12.7 Å².